The fourth-order valence-electron chi connectivity index (χ4n) is 4.05. The van der Waals surface area contributed by atoms with Crippen LogP contribution in [0.15, 0.2) is 24.3 Å². The maximum Gasteiger partial charge on any atom is 0.245 e. The Kier molecular flexibility index (Phi) is 5.71. The number of piperidine rings is 1. The number of amides is 2. The first-order valence-corrected chi connectivity index (χ1v) is 9.41. The number of likely N-dealkylation sites (tertiary alicyclic amines) is 2. The van der Waals surface area contributed by atoms with Crippen molar-refractivity contribution in [3.63, 3.8) is 0 Å². The smallest absolute Gasteiger partial charge is 0.245 e. The highest BCUT2D eigenvalue weighted by molar-refractivity contribution is 5.88. The quantitative estimate of drug-likeness (QED) is 0.841. The summed E-state index contributed by atoms with van der Waals surface area (Å²) in [6.07, 6.45) is 5.05. The van der Waals surface area contributed by atoms with Gasteiger partial charge in [0.05, 0.1) is 0 Å². The maximum atomic E-state index is 13.0. The van der Waals surface area contributed by atoms with Gasteiger partial charge in [-0.25, -0.2) is 4.39 Å². The molecule has 136 valence electrons. The molecule has 1 aromatic carbocycles. The predicted molar refractivity (Wildman–Crippen MR) is 94.4 cm³/mol. The summed E-state index contributed by atoms with van der Waals surface area (Å²) < 4.78 is 13.0. The predicted octanol–water partition coefficient (Wildman–Crippen LogP) is 3.01. The van der Waals surface area contributed by atoms with Gasteiger partial charge in [0.15, 0.2) is 0 Å². The highest BCUT2D eigenvalue weighted by Gasteiger charge is 2.36. The van der Waals surface area contributed by atoms with Gasteiger partial charge in [0.2, 0.25) is 11.8 Å². The molecular formula is C20H27FN2O2. The lowest BCUT2D eigenvalue weighted by Crippen LogP contribution is -2.50. The van der Waals surface area contributed by atoms with Crippen molar-refractivity contribution in [1.29, 1.82) is 0 Å². The van der Waals surface area contributed by atoms with Crippen molar-refractivity contribution in [2.45, 2.75) is 51.5 Å². The largest absolute Gasteiger partial charge is 0.341 e. The first-order chi connectivity index (χ1) is 12.1. The molecule has 2 fully saturated rings. The van der Waals surface area contributed by atoms with Crippen LogP contribution >= 0.6 is 0 Å². The Hall–Kier alpha value is -1.91. The van der Waals surface area contributed by atoms with E-state index in [0.29, 0.717) is 18.9 Å². The number of rotatable bonds is 4. The minimum Gasteiger partial charge on any atom is -0.341 e. The molecular weight excluding hydrogens is 319 g/mol. The molecule has 2 heterocycles. The van der Waals surface area contributed by atoms with Crippen LogP contribution in [0.1, 0.15) is 44.6 Å². The van der Waals surface area contributed by atoms with Gasteiger partial charge in [0.1, 0.15) is 11.9 Å². The Balaban J connectivity index is 1.52. The van der Waals surface area contributed by atoms with Crippen molar-refractivity contribution in [3.8, 4) is 0 Å². The topological polar surface area (TPSA) is 40.6 Å². The lowest BCUT2D eigenvalue weighted by atomic mass is 9.90. The molecule has 0 aliphatic carbocycles. The van der Waals surface area contributed by atoms with Crippen LogP contribution in [0.5, 0.6) is 0 Å². The van der Waals surface area contributed by atoms with Crippen LogP contribution in [-0.4, -0.2) is 47.3 Å². The van der Waals surface area contributed by atoms with Crippen molar-refractivity contribution in [2.75, 3.05) is 19.6 Å². The van der Waals surface area contributed by atoms with Gasteiger partial charge >= 0.3 is 0 Å². The van der Waals surface area contributed by atoms with Crippen LogP contribution < -0.4 is 0 Å². The van der Waals surface area contributed by atoms with Gasteiger partial charge in [0.25, 0.3) is 0 Å². The SMILES string of the molecule is CCC(=O)N1CCC[C@H]1C(=O)N1CCC(Cc2ccc(F)cc2)CC1. The zero-order valence-electron chi connectivity index (χ0n) is 14.9. The molecule has 4 nitrogen and oxygen atoms in total. The van der Waals surface area contributed by atoms with E-state index in [4.69, 9.17) is 0 Å². The Labute approximate surface area is 149 Å². The normalized spacial score (nSPS) is 21.6. The molecule has 0 spiro atoms. The van der Waals surface area contributed by atoms with Crippen LogP contribution in [0.2, 0.25) is 0 Å². The monoisotopic (exact) mass is 346 g/mol. The van der Waals surface area contributed by atoms with E-state index in [9.17, 15) is 14.0 Å². The lowest BCUT2D eigenvalue weighted by Gasteiger charge is -2.35. The first kappa shape index (κ1) is 17.9. The molecule has 2 amide bonds. The number of nitrogens with zero attached hydrogens (tertiary/aromatic N) is 2. The summed E-state index contributed by atoms with van der Waals surface area (Å²) in [6.45, 7) is 4.08. The Morgan fingerprint density at radius 1 is 1.08 bits per heavy atom. The van der Waals surface area contributed by atoms with Crippen molar-refractivity contribution >= 4 is 11.8 Å². The molecule has 3 rings (SSSR count). The molecule has 25 heavy (non-hydrogen) atoms. The van der Waals surface area contributed by atoms with Crippen LogP contribution in [0.3, 0.4) is 0 Å². The third-order valence-corrected chi connectivity index (χ3v) is 5.52. The number of hydrogen-bond acceptors (Lipinski definition) is 2. The van der Waals surface area contributed by atoms with Crippen molar-refractivity contribution < 1.29 is 14.0 Å². The third kappa shape index (κ3) is 4.20. The summed E-state index contributed by atoms with van der Waals surface area (Å²) >= 11 is 0. The minimum atomic E-state index is -0.249. The van der Waals surface area contributed by atoms with E-state index in [1.807, 2.05) is 24.0 Å². The number of benzene rings is 1. The molecule has 0 unspecified atom stereocenters. The van der Waals surface area contributed by atoms with Crippen molar-refractivity contribution in [3.05, 3.63) is 35.6 Å². The van der Waals surface area contributed by atoms with E-state index in [1.165, 1.54) is 12.1 Å². The minimum absolute atomic E-state index is 0.0852. The second-order valence-electron chi connectivity index (χ2n) is 7.20. The number of hydrogen-bond donors (Lipinski definition) is 0. The zero-order chi connectivity index (χ0) is 17.8. The first-order valence-electron chi connectivity index (χ1n) is 9.41. The van der Waals surface area contributed by atoms with E-state index in [0.717, 1.165) is 50.8 Å². The molecule has 0 N–H and O–H groups in total. The van der Waals surface area contributed by atoms with E-state index in [2.05, 4.69) is 0 Å². The number of halogens is 1. The molecule has 0 radical (unpaired) electrons. The van der Waals surface area contributed by atoms with Gasteiger partial charge in [-0.3, -0.25) is 9.59 Å². The maximum absolute atomic E-state index is 13.0. The van der Waals surface area contributed by atoms with Crippen LogP contribution in [0, 0.1) is 11.7 Å². The molecule has 0 saturated carbocycles. The van der Waals surface area contributed by atoms with Crippen molar-refractivity contribution in [1.82, 2.24) is 9.80 Å². The molecule has 2 aliphatic heterocycles. The summed E-state index contributed by atoms with van der Waals surface area (Å²) in [7, 11) is 0. The van der Waals surface area contributed by atoms with E-state index >= 15 is 0 Å². The summed E-state index contributed by atoms with van der Waals surface area (Å²) in [4.78, 5) is 28.6. The Bertz CT molecular complexity index is 609. The molecule has 2 aliphatic rings. The van der Waals surface area contributed by atoms with Crippen LogP contribution in [-0.2, 0) is 16.0 Å². The van der Waals surface area contributed by atoms with Crippen LogP contribution in [0.4, 0.5) is 4.39 Å². The molecule has 0 bridgehead atoms. The average molecular weight is 346 g/mol. The standard InChI is InChI=1S/C20H27FN2O2/c1-2-19(24)23-11-3-4-18(23)20(25)22-12-9-16(10-13-22)14-15-5-7-17(21)8-6-15/h5-8,16,18H,2-4,9-14H2,1H3/t18-/m0/s1. The Morgan fingerprint density at radius 2 is 1.76 bits per heavy atom. The molecule has 1 aromatic rings. The fraction of sp³-hybridized carbons (Fsp3) is 0.600. The van der Waals surface area contributed by atoms with E-state index in [1.54, 1.807) is 4.90 Å². The second kappa shape index (κ2) is 7.98. The summed E-state index contributed by atoms with van der Waals surface area (Å²) in [5, 5.41) is 0. The third-order valence-electron chi connectivity index (χ3n) is 5.52. The van der Waals surface area contributed by atoms with E-state index < -0.39 is 0 Å². The van der Waals surface area contributed by atoms with Gasteiger partial charge in [-0.2, -0.15) is 0 Å². The van der Waals surface area contributed by atoms with Gasteiger partial charge in [0, 0.05) is 26.1 Å². The summed E-state index contributed by atoms with van der Waals surface area (Å²) in [5.41, 5.74) is 1.15. The molecule has 5 heteroatoms. The summed E-state index contributed by atoms with van der Waals surface area (Å²) in [6, 6.07) is 6.46. The fourth-order valence-corrected chi connectivity index (χ4v) is 4.05. The van der Waals surface area contributed by atoms with Crippen molar-refractivity contribution in [2.24, 2.45) is 5.92 Å². The summed E-state index contributed by atoms with van der Waals surface area (Å²) in [5.74, 6) is 0.542. The lowest BCUT2D eigenvalue weighted by molar-refractivity contribution is -0.144. The highest BCUT2D eigenvalue weighted by atomic mass is 19.1. The molecule has 0 aromatic heterocycles. The number of carbonyl (C=O) groups excluding carboxylic acids is 2. The molecule has 1 atom stereocenters. The Morgan fingerprint density at radius 3 is 2.40 bits per heavy atom. The van der Waals surface area contributed by atoms with Gasteiger partial charge < -0.3 is 9.80 Å². The second-order valence-corrected chi connectivity index (χ2v) is 7.20. The molecule has 2 saturated heterocycles. The van der Waals surface area contributed by atoms with Crippen LogP contribution in [0.25, 0.3) is 0 Å². The van der Waals surface area contributed by atoms with Gasteiger partial charge in [-0.1, -0.05) is 19.1 Å². The van der Waals surface area contributed by atoms with E-state index in [-0.39, 0.29) is 23.7 Å². The number of carbonyl (C=O) groups is 2. The van der Waals surface area contributed by atoms with Gasteiger partial charge in [-0.05, 0) is 55.7 Å². The zero-order valence-corrected chi connectivity index (χ0v) is 14.9. The highest BCUT2D eigenvalue weighted by Crippen LogP contribution is 2.25. The average Bonchev–Trinajstić information content (AvgIpc) is 3.13. The van der Waals surface area contributed by atoms with Gasteiger partial charge in [-0.15, -0.1) is 0 Å².